The number of rotatable bonds is 5. The molecule has 0 spiro atoms. The summed E-state index contributed by atoms with van der Waals surface area (Å²) in [6.07, 6.45) is 1.44. The quantitative estimate of drug-likeness (QED) is 0.399. The van der Waals surface area contributed by atoms with Crippen molar-refractivity contribution in [3.63, 3.8) is 0 Å². The van der Waals surface area contributed by atoms with E-state index in [1.165, 1.54) is 61.3 Å². The van der Waals surface area contributed by atoms with E-state index in [2.05, 4.69) is 27.6 Å². The average Bonchev–Trinajstić information content (AvgIpc) is 3.25. The second kappa shape index (κ2) is 9.08. The smallest absolute Gasteiger partial charge is 0.376 e. The molecule has 1 aliphatic heterocycles. The molecule has 0 saturated heterocycles. The molecule has 4 rings (SSSR count). The minimum Gasteiger partial charge on any atom is -0.376 e. The number of halogens is 5. The lowest BCUT2D eigenvalue weighted by Gasteiger charge is -2.35. The number of anilines is 1. The number of aromatic nitrogens is 1. The Morgan fingerprint density at radius 2 is 1.91 bits per heavy atom. The predicted octanol–water partition coefficient (Wildman–Crippen LogP) is 5.74. The van der Waals surface area contributed by atoms with Crippen molar-refractivity contribution in [2.75, 3.05) is 5.43 Å². The average molecular weight is 508 g/mol. The molecular formula is C23H16Cl2F3N4O2-. The lowest BCUT2D eigenvalue weighted by atomic mass is 9.83. The fourth-order valence-electron chi connectivity index (χ4n) is 3.44. The molecule has 1 aliphatic carbocycles. The molecule has 6 nitrogen and oxygen atoms in total. The standard InChI is InChI=1S/C23H16Cl2F3N4O2/c1-13-8-16(11-17(24)9-13)22(23(26,27)28)12-20(32-34-22)15-2-3-18(25)19(10-15)30-31-21(33)14-4-6-29-7-5-14/h2-11,30H,1,12H2,(H,31,33)/q-1. The van der Waals surface area contributed by atoms with Gasteiger partial charge in [0.2, 0.25) is 5.60 Å². The van der Waals surface area contributed by atoms with Crippen molar-refractivity contribution in [2.24, 2.45) is 5.16 Å². The van der Waals surface area contributed by atoms with E-state index in [1.807, 2.05) is 0 Å². The third kappa shape index (κ3) is 4.62. The number of alkyl halides is 3. The van der Waals surface area contributed by atoms with Gasteiger partial charge in [-0.05, 0) is 29.3 Å². The Morgan fingerprint density at radius 1 is 1.18 bits per heavy atom. The van der Waals surface area contributed by atoms with Crippen molar-refractivity contribution < 1.29 is 22.8 Å². The predicted molar refractivity (Wildman–Crippen MR) is 123 cm³/mol. The molecule has 34 heavy (non-hydrogen) atoms. The normalized spacial score (nSPS) is 19.9. The molecule has 0 saturated carbocycles. The largest absolute Gasteiger partial charge is 0.434 e. The number of nitrogens with zero attached hydrogens (tertiary/aromatic N) is 2. The molecule has 0 fully saturated rings. The van der Waals surface area contributed by atoms with E-state index in [0.29, 0.717) is 16.7 Å². The van der Waals surface area contributed by atoms with Crippen LogP contribution in [-0.2, 0) is 4.84 Å². The molecule has 2 aliphatic rings. The maximum Gasteiger partial charge on any atom is 0.434 e. The van der Waals surface area contributed by atoms with E-state index in [0.717, 1.165) is 0 Å². The van der Waals surface area contributed by atoms with Gasteiger partial charge in [-0.1, -0.05) is 28.4 Å². The van der Waals surface area contributed by atoms with Gasteiger partial charge in [-0.3, -0.25) is 20.6 Å². The topological polar surface area (TPSA) is 75.6 Å². The molecule has 176 valence electrons. The minimum absolute atomic E-state index is 0.0445. The van der Waals surface area contributed by atoms with Gasteiger partial charge in [0, 0.05) is 29.9 Å². The molecule has 1 atom stereocenters. The maximum atomic E-state index is 14.2. The summed E-state index contributed by atoms with van der Waals surface area (Å²) in [5.74, 6) is -0.452. The van der Waals surface area contributed by atoms with Gasteiger partial charge in [-0.15, -0.1) is 30.2 Å². The van der Waals surface area contributed by atoms with Crippen LogP contribution in [0.4, 0.5) is 18.9 Å². The van der Waals surface area contributed by atoms with Crippen LogP contribution in [0.2, 0.25) is 5.02 Å². The van der Waals surface area contributed by atoms with Gasteiger partial charge in [0.1, 0.15) is 0 Å². The summed E-state index contributed by atoms with van der Waals surface area (Å²) >= 11 is 12.2. The number of carbonyl (C=O) groups excluding carboxylic acids is 1. The van der Waals surface area contributed by atoms with Crippen molar-refractivity contribution >= 4 is 40.5 Å². The molecular weight excluding hydrogens is 492 g/mol. The van der Waals surface area contributed by atoms with E-state index in [1.54, 1.807) is 0 Å². The summed E-state index contributed by atoms with van der Waals surface area (Å²) in [7, 11) is 0. The highest BCUT2D eigenvalue weighted by molar-refractivity contribution is 6.33. The lowest BCUT2D eigenvalue weighted by molar-refractivity contribution is -0.251. The zero-order valence-electron chi connectivity index (χ0n) is 17.3. The van der Waals surface area contributed by atoms with Crippen molar-refractivity contribution in [2.45, 2.75) is 18.2 Å². The van der Waals surface area contributed by atoms with Gasteiger partial charge in [-0.2, -0.15) is 25.3 Å². The van der Waals surface area contributed by atoms with Gasteiger partial charge in [-0.25, -0.2) is 0 Å². The van der Waals surface area contributed by atoms with Crippen LogP contribution in [0.3, 0.4) is 0 Å². The van der Waals surface area contributed by atoms with Gasteiger partial charge >= 0.3 is 6.18 Å². The Bertz CT molecular complexity index is 1240. The van der Waals surface area contributed by atoms with Crippen LogP contribution in [0, 0.1) is 6.42 Å². The molecule has 11 heteroatoms. The zero-order chi connectivity index (χ0) is 24.5. The first-order chi connectivity index (χ1) is 16.1. The zero-order valence-corrected chi connectivity index (χ0v) is 18.8. The Balaban J connectivity index is 1.57. The van der Waals surface area contributed by atoms with Crippen LogP contribution in [-0.4, -0.2) is 28.4 Å². The molecule has 1 amide bonds. The van der Waals surface area contributed by atoms with Gasteiger partial charge in [0.05, 0.1) is 16.4 Å². The number of amides is 1. The summed E-state index contributed by atoms with van der Waals surface area (Å²) < 4.78 is 42.7. The second-order valence-electron chi connectivity index (χ2n) is 7.49. The van der Waals surface area contributed by atoms with Gasteiger partial charge in [0.15, 0.2) is 0 Å². The second-order valence-corrected chi connectivity index (χ2v) is 8.33. The van der Waals surface area contributed by atoms with Crippen molar-refractivity contribution in [3.8, 4) is 0 Å². The molecule has 2 heterocycles. The number of hydrogen-bond acceptors (Lipinski definition) is 5. The SMILES string of the molecule is C=C1C=C(C2(C(F)(F)F)CC(c3ccc(Cl)c(NNC(=O)c4ccncc4)c3)=NO2)C=C(Cl)[CH-]1. The molecule has 0 bridgehead atoms. The van der Waals surface area contributed by atoms with Crippen LogP contribution in [0.15, 0.2) is 82.8 Å². The van der Waals surface area contributed by atoms with Gasteiger partial charge < -0.3 is 4.84 Å². The molecule has 2 N–H and O–H groups in total. The van der Waals surface area contributed by atoms with E-state index in [4.69, 9.17) is 28.0 Å². The van der Waals surface area contributed by atoms with Crippen molar-refractivity contribution in [1.29, 1.82) is 0 Å². The Kier molecular flexibility index (Phi) is 6.33. The number of pyridine rings is 1. The van der Waals surface area contributed by atoms with E-state index >= 15 is 0 Å². The van der Waals surface area contributed by atoms with Crippen LogP contribution < -0.4 is 10.9 Å². The fraction of sp³-hybridized carbons (Fsp3) is 0.130. The number of allylic oxidation sites excluding steroid dienone is 3. The van der Waals surface area contributed by atoms with Crippen molar-refractivity contribution in [3.05, 3.63) is 100 Å². The number of nitrogens with one attached hydrogen (secondary N) is 2. The van der Waals surface area contributed by atoms with Gasteiger partial charge in [0.25, 0.3) is 5.91 Å². The summed E-state index contributed by atoms with van der Waals surface area (Å²) in [4.78, 5) is 21.1. The summed E-state index contributed by atoms with van der Waals surface area (Å²) in [6, 6.07) is 7.49. The fourth-order valence-corrected chi connectivity index (χ4v) is 3.86. The van der Waals surface area contributed by atoms with E-state index in [-0.39, 0.29) is 27.0 Å². The molecule has 1 aromatic carbocycles. The first kappa shape index (κ1) is 23.7. The third-order valence-corrected chi connectivity index (χ3v) is 5.71. The Labute approximate surface area is 202 Å². The molecule has 1 unspecified atom stereocenters. The summed E-state index contributed by atoms with van der Waals surface area (Å²) in [5.41, 5.74) is 3.53. The first-order valence-electron chi connectivity index (χ1n) is 9.80. The summed E-state index contributed by atoms with van der Waals surface area (Å²) in [5, 5.41) is 4.08. The maximum absolute atomic E-state index is 14.2. The van der Waals surface area contributed by atoms with Crippen LogP contribution in [0.5, 0.6) is 0 Å². The van der Waals surface area contributed by atoms with Crippen molar-refractivity contribution in [1.82, 2.24) is 10.4 Å². The highest BCUT2D eigenvalue weighted by Crippen LogP contribution is 2.48. The summed E-state index contributed by atoms with van der Waals surface area (Å²) in [6.45, 7) is 3.68. The number of carbonyl (C=O) groups is 1. The van der Waals surface area contributed by atoms with Crippen LogP contribution >= 0.6 is 23.2 Å². The number of hydrazine groups is 1. The highest BCUT2D eigenvalue weighted by Gasteiger charge is 2.61. The van der Waals surface area contributed by atoms with E-state index in [9.17, 15) is 18.0 Å². The number of hydrogen-bond donors (Lipinski definition) is 2. The molecule has 2 aromatic rings. The third-order valence-electron chi connectivity index (χ3n) is 5.16. The monoisotopic (exact) mass is 507 g/mol. The molecule has 0 radical (unpaired) electrons. The minimum atomic E-state index is -4.79. The first-order valence-corrected chi connectivity index (χ1v) is 10.6. The Hall–Kier alpha value is -3.43. The molecule has 1 aromatic heterocycles. The highest BCUT2D eigenvalue weighted by atomic mass is 35.5. The lowest BCUT2D eigenvalue weighted by Crippen LogP contribution is -2.47. The Morgan fingerprint density at radius 3 is 2.59 bits per heavy atom. The van der Waals surface area contributed by atoms with Crippen LogP contribution in [0.1, 0.15) is 22.3 Å². The van der Waals surface area contributed by atoms with E-state index < -0.39 is 24.1 Å². The van der Waals surface area contributed by atoms with Crippen LogP contribution in [0.25, 0.3) is 0 Å². The number of oxime groups is 1. The number of benzene rings is 1.